The third-order valence-electron chi connectivity index (χ3n) is 3.74. The van der Waals surface area contributed by atoms with Gasteiger partial charge in [-0.3, -0.25) is 4.79 Å². The number of aromatic amines is 1. The molecule has 3 rings (SSSR count). The summed E-state index contributed by atoms with van der Waals surface area (Å²) in [6, 6.07) is 8.24. The van der Waals surface area contributed by atoms with Gasteiger partial charge in [0.1, 0.15) is 0 Å². The number of H-pyrrole nitrogens is 1. The van der Waals surface area contributed by atoms with E-state index in [0.717, 1.165) is 42.5 Å². The molecule has 0 unspecified atom stereocenters. The quantitative estimate of drug-likeness (QED) is 0.880. The number of nitrogens with zero attached hydrogens (tertiary/aromatic N) is 1. The minimum Gasteiger partial charge on any atom is -0.361 e. The van der Waals surface area contributed by atoms with Crippen LogP contribution < -0.4 is 5.32 Å². The third-order valence-corrected chi connectivity index (χ3v) is 3.74. The Balaban J connectivity index is 1.94. The molecule has 0 spiro atoms. The van der Waals surface area contributed by atoms with Crippen LogP contribution in [0.25, 0.3) is 10.9 Å². The van der Waals surface area contributed by atoms with E-state index in [9.17, 15) is 4.79 Å². The molecule has 2 heterocycles. The summed E-state index contributed by atoms with van der Waals surface area (Å²) in [5.41, 5.74) is 1.73. The summed E-state index contributed by atoms with van der Waals surface area (Å²) < 4.78 is 0. The van der Waals surface area contributed by atoms with Gasteiger partial charge >= 0.3 is 0 Å². The molecule has 1 aromatic carbocycles. The lowest BCUT2D eigenvalue weighted by Crippen LogP contribution is -2.59. The zero-order valence-corrected chi connectivity index (χ0v) is 11.1. The molecule has 4 heteroatoms. The molecule has 2 N–H and O–H groups in total. The number of amides is 1. The molecule has 19 heavy (non-hydrogen) atoms. The van der Waals surface area contributed by atoms with Gasteiger partial charge in [0.25, 0.3) is 5.91 Å². The molecule has 1 fully saturated rings. The Morgan fingerprint density at radius 1 is 1.37 bits per heavy atom. The second-order valence-corrected chi connectivity index (χ2v) is 5.06. The van der Waals surface area contributed by atoms with E-state index in [-0.39, 0.29) is 5.91 Å². The number of carbonyl (C=O) groups is 1. The molecule has 0 bridgehead atoms. The molecule has 0 atom stereocenters. The van der Waals surface area contributed by atoms with Gasteiger partial charge in [0, 0.05) is 31.2 Å². The molecule has 1 aliphatic heterocycles. The van der Waals surface area contributed by atoms with Gasteiger partial charge in [-0.15, -0.1) is 0 Å². The first-order chi connectivity index (χ1) is 9.31. The first-order valence-corrected chi connectivity index (χ1v) is 6.89. The second kappa shape index (κ2) is 5.05. The fraction of sp³-hybridized carbons (Fsp3) is 0.400. The lowest BCUT2D eigenvalue weighted by atomic mass is 10.1. The Kier molecular flexibility index (Phi) is 3.25. The van der Waals surface area contributed by atoms with Crippen molar-refractivity contribution in [1.82, 2.24) is 15.2 Å². The number of fused-ring (bicyclic) bond motifs is 1. The number of benzene rings is 1. The Hall–Kier alpha value is -1.81. The number of para-hydroxylation sites is 1. The lowest BCUT2D eigenvalue weighted by molar-refractivity contribution is 0.0617. The van der Waals surface area contributed by atoms with Crippen LogP contribution in [0.4, 0.5) is 0 Å². The SMILES string of the molecule is CCCN(C(=O)c1cccc2cc[nH]c12)C1CNC1. The van der Waals surface area contributed by atoms with E-state index in [1.165, 1.54) is 0 Å². The zero-order valence-electron chi connectivity index (χ0n) is 11.1. The third kappa shape index (κ3) is 2.12. The van der Waals surface area contributed by atoms with Crippen molar-refractivity contribution < 1.29 is 4.79 Å². The van der Waals surface area contributed by atoms with Gasteiger partial charge in [-0.2, -0.15) is 0 Å². The van der Waals surface area contributed by atoms with Crippen LogP contribution in [0.15, 0.2) is 30.5 Å². The first kappa shape index (κ1) is 12.2. The molecule has 1 aromatic heterocycles. The Labute approximate surface area is 112 Å². The van der Waals surface area contributed by atoms with Crippen LogP contribution in [-0.2, 0) is 0 Å². The summed E-state index contributed by atoms with van der Waals surface area (Å²) in [6.45, 7) is 4.75. The number of carbonyl (C=O) groups excluding carboxylic acids is 1. The molecule has 1 amide bonds. The fourth-order valence-electron chi connectivity index (χ4n) is 2.60. The van der Waals surface area contributed by atoms with E-state index < -0.39 is 0 Å². The number of aromatic nitrogens is 1. The van der Waals surface area contributed by atoms with Gasteiger partial charge in [0.15, 0.2) is 0 Å². The van der Waals surface area contributed by atoms with Crippen LogP contribution in [0.3, 0.4) is 0 Å². The van der Waals surface area contributed by atoms with Crippen LogP contribution in [0.1, 0.15) is 23.7 Å². The summed E-state index contributed by atoms with van der Waals surface area (Å²) in [4.78, 5) is 17.9. The van der Waals surface area contributed by atoms with E-state index in [4.69, 9.17) is 0 Å². The highest BCUT2D eigenvalue weighted by molar-refractivity contribution is 6.05. The van der Waals surface area contributed by atoms with Crippen molar-refractivity contribution in [3.05, 3.63) is 36.0 Å². The molecular formula is C15H19N3O. The number of hydrogen-bond acceptors (Lipinski definition) is 2. The predicted molar refractivity (Wildman–Crippen MR) is 76.3 cm³/mol. The van der Waals surface area contributed by atoms with Crippen LogP contribution >= 0.6 is 0 Å². The van der Waals surface area contributed by atoms with Gasteiger partial charge in [0.2, 0.25) is 0 Å². The lowest BCUT2D eigenvalue weighted by Gasteiger charge is -2.38. The van der Waals surface area contributed by atoms with E-state index in [0.29, 0.717) is 6.04 Å². The minimum atomic E-state index is 0.140. The predicted octanol–water partition coefficient (Wildman–Crippen LogP) is 1.99. The van der Waals surface area contributed by atoms with Gasteiger partial charge in [0.05, 0.1) is 17.1 Å². The van der Waals surface area contributed by atoms with E-state index in [1.54, 1.807) is 0 Å². The average molecular weight is 257 g/mol. The summed E-state index contributed by atoms with van der Waals surface area (Å²) in [5, 5.41) is 4.33. The normalized spacial score (nSPS) is 15.4. The Morgan fingerprint density at radius 2 is 2.21 bits per heavy atom. The molecule has 0 aliphatic carbocycles. The number of rotatable bonds is 4. The Bertz CT molecular complexity index is 586. The zero-order chi connectivity index (χ0) is 13.2. The van der Waals surface area contributed by atoms with Crippen LogP contribution in [-0.4, -0.2) is 41.5 Å². The number of hydrogen-bond donors (Lipinski definition) is 2. The molecule has 4 nitrogen and oxygen atoms in total. The highest BCUT2D eigenvalue weighted by Crippen LogP contribution is 2.20. The van der Waals surface area contributed by atoms with Gasteiger partial charge in [-0.05, 0) is 18.6 Å². The first-order valence-electron chi connectivity index (χ1n) is 6.89. The molecule has 1 aliphatic rings. The highest BCUT2D eigenvalue weighted by Gasteiger charge is 2.29. The van der Waals surface area contributed by atoms with Crippen molar-refractivity contribution >= 4 is 16.8 Å². The van der Waals surface area contributed by atoms with E-state index in [1.807, 2.05) is 35.4 Å². The van der Waals surface area contributed by atoms with Crippen LogP contribution in [0, 0.1) is 0 Å². The van der Waals surface area contributed by atoms with E-state index in [2.05, 4.69) is 17.2 Å². The molecule has 0 saturated carbocycles. The maximum Gasteiger partial charge on any atom is 0.256 e. The summed E-state index contributed by atoms with van der Waals surface area (Å²) >= 11 is 0. The van der Waals surface area contributed by atoms with Crippen molar-refractivity contribution in [2.24, 2.45) is 0 Å². The fourth-order valence-corrected chi connectivity index (χ4v) is 2.60. The molecule has 2 aromatic rings. The van der Waals surface area contributed by atoms with E-state index >= 15 is 0 Å². The average Bonchev–Trinajstić information content (AvgIpc) is 2.83. The van der Waals surface area contributed by atoms with Crippen molar-refractivity contribution in [1.29, 1.82) is 0 Å². The second-order valence-electron chi connectivity index (χ2n) is 5.06. The minimum absolute atomic E-state index is 0.140. The maximum absolute atomic E-state index is 12.8. The highest BCUT2D eigenvalue weighted by atomic mass is 16.2. The summed E-state index contributed by atoms with van der Waals surface area (Å²) in [5.74, 6) is 0.140. The standard InChI is InChI=1S/C15H19N3O/c1-2-8-18(12-9-16-10-12)15(19)13-5-3-4-11-6-7-17-14(11)13/h3-7,12,16-17H,2,8-10H2,1H3. The smallest absolute Gasteiger partial charge is 0.256 e. The largest absolute Gasteiger partial charge is 0.361 e. The van der Waals surface area contributed by atoms with Crippen LogP contribution in [0.5, 0.6) is 0 Å². The van der Waals surface area contributed by atoms with Crippen molar-refractivity contribution in [3.63, 3.8) is 0 Å². The topological polar surface area (TPSA) is 48.1 Å². The molecule has 1 saturated heterocycles. The van der Waals surface area contributed by atoms with Crippen molar-refractivity contribution in [2.45, 2.75) is 19.4 Å². The van der Waals surface area contributed by atoms with Gasteiger partial charge < -0.3 is 15.2 Å². The molecular weight excluding hydrogens is 238 g/mol. The summed E-state index contributed by atoms with van der Waals surface area (Å²) in [7, 11) is 0. The monoisotopic (exact) mass is 257 g/mol. The number of nitrogens with one attached hydrogen (secondary N) is 2. The van der Waals surface area contributed by atoms with Gasteiger partial charge in [-0.1, -0.05) is 19.1 Å². The van der Waals surface area contributed by atoms with Crippen molar-refractivity contribution in [2.75, 3.05) is 19.6 Å². The summed E-state index contributed by atoms with van der Waals surface area (Å²) in [6.07, 6.45) is 2.87. The molecule has 0 radical (unpaired) electrons. The van der Waals surface area contributed by atoms with Crippen molar-refractivity contribution in [3.8, 4) is 0 Å². The molecule has 100 valence electrons. The van der Waals surface area contributed by atoms with Crippen LogP contribution in [0.2, 0.25) is 0 Å². The maximum atomic E-state index is 12.8. The van der Waals surface area contributed by atoms with Gasteiger partial charge in [-0.25, -0.2) is 0 Å². The Morgan fingerprint density at radius 3 is 2.89 bits per heavy atom.